The molecule has 0 aliphatic heterocycles. The average Bonchev–Trinajstić information content (AvgIpc) is 3.01. The van der Waals surface area contributed by atoms with Crippen LogP contribution in [0.3, 0.4) is 0 Å². The number of pyridine rings is 1. The lowest BCUT2D eigenvalue weighted by molar-refractivity contribution is 0.141. The standard InChI is InChI=1S/C17H19N3O2/c1-20-11-14(13-8-10-18-15(13)17(20)22)16(21)19-9-7-12-5-3-2-4-6-12/h2-6,8,10-11,16,18-19,21H,7,9H2,1H3. The number of aromatic nitrogens is 2. The molecule has 0 radical (unpaired) electrons. The van der Waals surface area contributed by atoms with E-state index in [2.05, 4.69) is 22.4 Å². The Morgan fingerprint density at radius 2 is 2.05 bits per heavy atom. The van der Waals surface area contributed by atoms with Gasteiger partial charge in [-0.25, -0.2) is 0 Å². The molecule has 0 spiro atoms. The van der Waals surface area contributed by atoms with Gasteiger partial charge in [0.15, 0.2) is 0 Å². The highest BCUT2D eigenvalue weighted by Crippen LogP contribution is 2.19. The highest BCUT2D eigenvalue weighted by Gasteiger charge is 2.14. The molecule has 0 aliphatic rings. The molecular weight excluding hydrogens is 278 g/mol. The van der Waals surface area contributed by atoms with E-state index in [9.17, 15) is 9.90 Å². The minimum atomic E-state index is -0.811. The lowest BCUT2D eigenvalue weighted by Gasteiger charge is -2.15. The molecule has 0 amide bonds. The summed E-state index contributed by atoms with van der Waals surface area (Å²) in [4.78, 5) is 14.9. The van der Waals surface area contributed by atoms with Gasteiger partial charge in [0.25, 0.3) is 5.56 Å². The van der Waals surface area contributed by atoms with Crippen molar-refractivity contribution in [1.82, 2.24) is 14.9 Å². The predicted octanol–water partition coefficient (Wildman–Crippen LogP) is 1.69. The number of nitrogens with zero attached hydrogens (tertiary/aromatic N) is 1. The van der Waals surface area contributed by atoms with Crippen molar-refractivity contribution in [3.8, 4) is 0 Å². The van der Waals surface area contributed by atoms with E-state index in [1.54, 1.807) is 19.4 Å². The van der Waals surface area contributed by atoms with E-state index >= 15 is 0 Å². The summed E-state index contributed by atoms with van der Waals surface area (Å²) in [5, 5.41) is 14.2. The van der Waals surface area contributed by atoms with Crippen LogP contribution in [0.2, 0.25) is 0 Å². The van der Waals surface area contributed by atoms with Gasteiger partial charge in [0, 0.05) is 36.9 Å². The molecule has 3 N–H and O–H groups in total. The van der Waals surface area contributed by atoms with Crippen LogP contribution in [-0.4, -0.2) is 21.2 Å². The molecule has 114 valence electrons. The monoisotopic (exact) mass is 297 g/mol. The summed E-state index contributed by atoms with van der Waals surface area (Å²) in [7, 11) is 1.68. The van der Waals surface area contributed by atoms with Crippen molar-refractivity contribution in [2.45, 2.75) is 12.6 Å². The molecule has 0 aliphatic carbocycles. The van der Waals surface area contributed by atoms with E-state index in [-0.39, 0.29) is 5.56 Å². The second-order valence-corrected chi connectivity index (χ2v) is 5.36. The number of aliphatic hydroxyl groups excluding tert-OH is 1. The third-order valence-electron chi connectivity index (χ3n) is 3.81. The number of aliphatic hydroxyl groups is 1. The molecule has 3 rings (SSSR count). The smallest absolute Gasteiger partial charge is 0.274 e. The van der Waals surface area contributed by atoms with Gasteiger partial charge in [-0.05, 0) is 18.1 Å². The first-order valence-corrected chi connectivity index (χ1v) is 7.29. The first kappa shape index (κ1) is 14.6. The highest BCUT2D eigenvalue weighted by atomic mass is 16.3. The number of benzene rings is 1. The van der Waals surface area contributed by atoms with E-state index in [4.69, 9.17) is 0 Å². The number of fused-ring (bicyclic) bond motifs is 1. The molecule has 0 fully saturated rings. The maximum Gasteiger partial charge on any atom is 0.274 e. The summed E-state index contributed by atoms with van der Waals surface area (Å²) < 4.78 is 1.48. The maximum atomic E-state index is 12.0. The van der Waals surface area contributed by atoms with Crippen molar-refractivity contribution in [3.63, 3.8) is 0 Å². The Bertz CT molecular complexity index is 821. The van der Waals surface area contributed by atoms with E-state index in [0.29, 0.717) is 17.6 Å². The summed E-state index contributed by atoms with van der Waals surface area (Å²) >= 11 is 0. The van der Waals surface area contributed by atoms with Gasteiger partial charge in [-0.3, -0.25) is 10.1 Å². The number of nitrogens with one attached hydrogen (secondary N) is 2. The van der Waals surface area contributed by atoms with Gasteiger partial charge in [-0.15, -0.1) is 0 Å². The summed E-state index contributed by atoms with van der Waals surface area (Å²) in [5.74, 6) is 0. The maximum absolute atomic E-state index is 12.0. The molecule has 1 aromatic carbocycles. The Hall–Kier alpha value is -2.37. The number of aryl methyl sites for hydroxylation is 1. The summed E-state index contributed by atoms with van der Waals surface area (Å²) in [6.45, 7) is 0.653. The van der Waals surface area contributed by atoms with E-state index in [1.165, 1.54) is 10.1 Å². The van der Waals surface area contributed by atoms with Gasteiger partial charge < -0.3 is 14.7 Å². The van der Waals surface area contributed by atoms with Crippen molar-refractivity contribution in [2.75, 3.05) is 6.54 Å². The number of H-pyrrole nitrogens is 1. The van der Waals surface area contributed by atoms with Crippen LogP contribution in [0.15, 0.2) is 53.6 Å². The van der Waals surface area contributed by atoms with Gasteiger partial charge in [0.05, 0.1) is 0 Å². The van der Waals surface area contributed by atoms with E-state index in [1.807, 2.05) is 24.3 Å². The van der Waals surface area contributed by atoms with Crippen molar-refractivity contribution in [2.24, 2.45) is 7.05 Å². The molecule has 2 heterocycles. The summed E-state index contributed by atoms with van der Waals surface area (Å²) in [6, 6.07) is 11.9. The number of hydrogen-bond donors (Lipinski definition) is 3. The lowest BCUT2D eigenvalue weighted by Crippen LogP contribution is -2.26. The number of rotatable bonds is 5. The fourth-order valence-electron chi connectivity index (χ4n) is 2.63. The van der Waals surface area contributed by atoms with Gasteiger partial charge in [-0.1, -0.05) is 30.3 Å². The van der Waals surface area contributed by atoms with Crippen molar-refractivity contribution in [3.05, 3.63) is 70.3 Å². The molecule has 1 unspecified atom stereocenters. The summed E-state index contributed by atoms with van der Waals surface area (Å²) in [5.41, 5.74) is 2.34. The van der Waals surface area contributed by atoms with Crippen LogP contribution in [0.4, 0.5) is 0 Å². The molecule has 1 atom stereocenters. The molecule has 3 aromatic rings. The van der Waals surface area contributed by atoms with Crippen LogP contribution in [0.1, 0.15) is 17.4 Å². The third-order valence-corrected chi connectivity index (χ3v) is 3.81. The van der Waals surface area contributed by atoms with Gasteiger partial charge >= 0.3 is 0 Å². The average molecular weight is 297 g/mol. The molecular formula is C17H19N3O2. The Labute approximate surface area is 128 Å². The normalized spacial score (nSPS) is 12.6. The lowest BCUT2D eigenvalue weighted by atomic mass is 10.1. The largest absolute Gasteiger partial charge is 0.374 e. The topological polar surface area (TPSA) is 70.0 Å². The van der Waals surface area contributed by atoms with Crippen LogP contribution in [0, 0.1) is 0 Å². The van der Waals surface area contributed by atoms with Crippen LogP contribution in [0.5, 0.6) is 0 Å². The second kappa shape index (κ2) is 6.17. The van der Waals surface area contributed by atoms with Crippen LogP contribution < -0.4 is 10.9 Å². The van der Waals surface area contributed by atoms with Gasteiger partial charge in [0.1, 0.15) is 11.7 Å². The zero-order chi connectivity index (χ0) is 15.5. The zero-order valence-corrected chi connectivity index (χ0v) is 12.4. The third kappa shape index (κ3) is 2.81. The fourth-order valence-corrected chi connectivity index (χ4v) is 2.63. The molecule has 0 bridgehead atoms. The molecule has 5 heteroatoms. The minimum Gasteiger partial charge on any atom is -0.374 e. The van der Waals surface area contributed by atoms with Crippen molar-refractivity contribution >= 4 is 10.9 Å². The minimum absolute atomic E-state index is 0.0970. The first-order chi connectivity index (χ1) is 10.7. The predicted molar refractivity (Wildman–Crippen MR) is 86.6 cm³/mol. The Balaban J connectivity index is 1.75. The van der Waals surface area contributed by atoms with Crippen molar-refractivity contribution in [1.29, 1.82) is 0 Å². The van der Waals surface area contributed by atoms with Crippen LogP contribution in [0.25, 0.3) is 10.9 Å². The summed E-state index contributed by atoms with van der Waals surface area (Å²) in [6.07, 6.45) is 3.42. The van der Waals surface area contributed by atoms with Crippen LogP contribution >= 0.6 is 0 Å². The van der Waals surface area contributed by atoms with Crippen molar-refractivity contribution < 1.29 is 5.11 Å². The fraction of sp³-hybridized carbons (Fsp3) is 0.235. The molecule has 2 aromatic heterocycles. The Morgan fingerprint density at radius 3 is 2.82 bits per heavy atom. The molecule has 22 heavy (non-hydrogen) atoms. The Kier molecular flexibility index (Phi) is 4.09. The van der Waals surface area contributed by atoms with E-state index in [0.717, 1.165) is 11.8 Å². The Morgan fingerprint density at radius 1 is 1.27 bits per heavy atom. The first-order valence-electron chi connectivity index (χ1n) is 7.29. The second-order valence-electron chi connectivity index (χ2n) is 5.36. The van der Waals surface area contributed by atoms with Crippen LogP contribution in [-0.2, 0) is 13.5 Å². The molecule has 0 saturated heterocycles. The SMILES string of the molecule is Cn1cc(C(O)NCCc2ccccc2)c2cc[nH]c2c1=O. The zero-order valence-electron chi connectivity index (χ0n) is 12.4. The number of hydrogen-bond acceptors (Lipinski definition) is 3. The quantitative estimate of drug-likeness (QED) is 0.628. The van der Waals surface area contributed by atoms with Gasteiger partial charge in [-0.2, -0.15) is 0 Å². The number of aromatic amines is 1. The molecule has 0 saturated carbocycles. The molecule has 5 nitrogen and oxygen atoms in total. The van der Waals surface area contributed by atoms with E-state index < -0.39 is 6.23 Å². The van der Waals surface area contributed by atoms with Gasteiger partial charge in [0.2, 0.25) is 0 Å². The highest BCUT2D eigenvalue weighted by molar-refractivity contribution is 5.82.